The lowest BCUT2D eigenvalue weighted by Crippen LogP contribution is -2.11. The van der Waals surface area contributed by atoms with Gasteiger partial charge < -0.3 is 5.32 Å². The van der Waals surface area contributed by atoms with E-state index in [0.717, 1.165) is 18.9 Å². The van der Waals surface area contributed by atoms with E-state index < -0.39 is 0 Å². The van der Waals surface area contributed by atoms with E-state index in [-0.39, 0.29) is 0 Å². The number of hydrogen-bond donors (Lipinski definition) is 1. The van der Waals surface area contributed by atoms with E-state index in [9.17, 15) is 0 Å². The van der Waals surface area contributed by atoms with Gasteiger partial charge in [0.15, 0.2) is 0 Å². The number of nitrogens with one attached hydrogen (secondary N) is 1. The minimum Gasteiger partial charge on any atom is -0.385 e. The molecule has 21 heavy (non-hydrogen) atoms. The smallest absolute Gasteiger partial charge is 0.0372 e. The fourth-order valence-corrected chi connectivity index (χ4v) is 3.52. The molecular weight excluding hydrogens is 254 g/mol. The summed E-state index contributed by atoms with van der Waals surface area (Å²) < 4.78 is 0. The number of hydrogen-bond acceptors (Lipinski definition) is 1. The summed E-state index contributed by atoms with van der Waals surface area (Å²) in [4.78, 5) is 0. The maximum atomic E-state index is 3.49. The Labute approximate surface area is 127 Å². The Kier molecular flexibility index (Phi) is 3.42. The number of anilines is 1. The zero-order valence-corrected chi connectivity index (χ0v) is 12.6. The van der Waals surface area contributed by atoms with Gasteiger partial charge in [-0.25, -0.2) is 0 Å². The van der Waals surface area contributed by atoms with Crippen LogP contribution in [0.4, 0.5) is 5.69 Å². The molecule has 1 aliphatic heterocycles. The molecule has 0 atom stereocenters. The first kappa shape index (κ1) is 12.9. The van der Waals surface area contributed by atoms with E-state index in [4.69, 9.17) is 0 Å². The summed E-state index contributed by atoms with van der Waals surface area (Å²) >= 11 is 0. The van der Waals surface area contributed by atoms with Crippen molar-refractivity contribution >= 4 is 5.69 Å². The summed E-state index contributed by atoms with van der Waals surface area (Å²) in [5.74, 6) is 0.842. The van der Waals surface area contributed by atoms with Crippen molar-refractivity contribution in [2.45, 2.75) is 44.4 Å². The molecule has 0 radical (unpaired) electrons. The van der Waals surface area contributed by atoms with Crippen LogP contribution in [0.2, 0.25) is 0 Å². The third-order valence-corrected chi connectivity index (χ3v) is 5.07. The van der Waals surface area contributed by atoms with Crippen LogP contribution in [0.1, 0.15) is 53.9 Å². The third-order valence-electron chi connectivity index (χ3n) is 5.07. The van der Waals surface area contributed by atoms with Crippen molar-refractivity contribution in [2.24, 2.45) is 0 Å². The van der Waals surface area contributed by atoms with Crippen LogP contribution < -0.4 is 5.32 Å². The molecule has 2 aromatic carbocycles. The monoisotopic (exact) mass is 277 g/mol. The third kappa shape index (κ3) is 2.70. The molecule has 4 rings (SSSR count). The Balaban J connectivity index is 1.50. The second-order valence-electron chi connectivity index (χ2n) is 6.57. The number of benzene rings is 2. The van der Waals surface area contributed by atoms with E-state index in [1.54, 1.807) is 5.56 Å². The molecule has 0 amide bonds. The summed E-state index contributed by atoms with van der Waals surface area (Å²) in [5.41, 5.74) is 7.24. The fraction of sp³-hybridized carbons (Fsp3) is 0.400. The molecule has 0 saturated heterocycles. The highest BCUT2D eigenvalue weighted by Crippen LogP contribution is 2.36. The average Bonchev–Trinajstić information content (AvgIpc) is 2.47. The van der Waals surface area contributed by atoms with E-state index in [2.05, 4.69) is 47.8 Å². The highest BCUT2D eigenvalue weighted by Gasteiger charge is 2.18. The summed E-state index contributed by atoms with van der Waals surface area (Å²) in [7, 11) is 0. The number of fused-ring (bicyclic) bond motifs is 1. The van der Waals surface area contributed by atoms with Crippen LogP contribution in [-0.4, -0.2) is 6.54 Å². The summed E-state index contributed by atoms with van der Waals surface area (Å²) in [6, 6.07) is 16.3. The normalized spacial score (nSPS) is 17.7. The predicted octanol–water partition coefficient (Wildman–Crippen LogP) is 4.90. The summed E-state index contributed by atoms with van der Waals surface area (Å²) in [6.45, 7) is 1.12. The van der Waals surface area contributed by atoms with Crippen molar-refractivity contribution in [3.05, 3.63) is 64.7 Å². The van der Waals surface area contributed by atoms with Crippen LogP contribution in [0, 0.1) is 0 Å². The van der Waals surface area contributed by atoms with Gasteiger partial charge in [0.05, 0.1) is 0 Å². The molecule has 0 aromatic heterocycles. The molecule has 1 heterocycles. The molecule has 108 valence electrons. The molecule has 1 N–H and O–H groups in total. The SMILES string of the molecule is c1cc(C2CCC2)ccc1Cc1ccc2c(c1)CCCN2. The molecule has 2 aromatic rings. The van der Waals surface area contributed by atoms with Crippen LogP contribution in [0.5, 0.6) is 0 Å². The average molecular weight is 277 g/mol. The second kappa shape index (κ2) is 5.55. The minimum atomic E-state index is 0.842. The summed E-state index contributed by atoms with van der Waals surface area (Å²) in [6.07, 6.45) is 7.71. The molecule has 1 fully saturated rings. The summed E-state index contributed by atoms with van der Waals surface area (Å²) in [5, 5.41) is 3.49. The maximum absolute atomic E-state index is 3.49. The Morgan fingerprint density at radius 1 is 0.905 bits per heavy atom. The first-order chi connectivity index (χ1) is 10.4. The largest absolute Gasteiger partial charge is 0.385 e. The molecule has 1 aliphatic carbocycles. The lowest BCUT2D eigenvalue weighted by atomic mass is 9.80. The highest BCUT2D eigenvalue weighted by molar-refractivity contribution is 5.54. The lowest BCUT2D eigenvalue weighted by Gasteiger charge is -2.25. The van der Waals surface area contributed by atoms with E-state index in [1.807, 2.05) is 0 Å². The van der Waals surface area contributed by atoms with Crippen molar-refractivity contribution in [1.82, 2.24) is 0 Å². The molecule has 1 nitrogen and oxygen atoms in total. The number of rotatable bonds is 3. The van der Waals surface area contributed by atoms with E-state index in [0.29, 0.717) is 0 Å². The van der Waals surface area contributed by atoms with Gasteiger partial charge in [-0.05, 0) is 66.3 Å². The van der Waals surface area contributed by atoms with Crippen molar-refractivity contribution in [3.8, 4) is 0 Å². The van der Waals surface area contributed by atoms with Gasteiger partial charge in [0, 0.05) is 12.2 Å². The fourth-order valence-electron chi connectivity index (χ4n) is 3.52. The van der Waals surface area contributed by atoms with Crippen molar-refractivity contribution < 1.29 is 0 Å². The van der Waals surface area contributed by atoms with Crippen molar-refractivity contribution in [3.63, 3.8) is 0 Å². The second-order valence-corrected chi connectivity index (χ2v) is 6.57. The lowest BCUT2D eigenvalue weighted by molar-refractivity contribution is 0.419. The Bertz CT molecular complexity index is 623. The van der Waals surface area contributed by atoms with Crippen LogP contribution in [0.3, 0.4) is 0 Å². The van der Waals surface area contributed by atoms with E-state index in [1.165, 1.54) is 54.5 Å². The topological polar surface area (TPSA) is 12.0 Å². The van der Waals surface area contributed by atoms with Crippen LogP contribution in [0.15, 0.2) is 42.5 Å². The quantitative estimate of drug-likeness (QED) is 0.841. The molecule has 0 spiro atoms. The predicted molar refractivity (Wildman–Crippen MR) is 89.1 cm³/mol. The Morgan fingerprint density at radius 2 is 1.71 bits per heavy atom. The first-order valence-electron chi connectivity index (χ1n) is 8.33. The van der Waals surface area contributed by atoms with Gasteiger partial charge in [0.2, 0.25) is 0 Å². The number of aryl methyl sites for hydroxylation is 1. The van der Waals surface area contributed by atoms with Crippen molar-refractivity contribution in [1.29, 1.82) is 0 Å². The van der Waals surface area contributed by atoms with Crippen molar-refractivity contribution in [2.75, 3.05) is 11.9 Å². The van der Waals surface area contributed by atoms with Gasteiger partial charge in [-0.2, -0.15) is 0 Å². The Hall–Kier alpha value is -1.76. The molecule has 2 aliphatic rings. The van der Waals surface area contributed by atoms with Gasteiger partial charge in [-0.15, -0.1) is 0 Å². The minimum absolute atomic E-state index is 0.842. The Morgan fingerprint density at radius 3 is 2.48 bits per heavy atom. The van der Waals surface area contributed by atoms with Gasteiger partial charge in [0.25, 0.3) is 0 Å². The molecule has 0 unspecified atom stereocenters. The standard InChI is InChI=1S/C20H23N/c1-3-17(4-1)18-9-6-15(7-10-18)13-16-8-11-20-19(14-16)5-2-12-21-20/h6-11,14,17,21H,1-5,12-13H2. The first-order valence-corrected chi connectivity index (χ1v) is 8.33. The van der Waals surface area contributed by atoms with Gasteiger partial charge >= 0.3 is 0 Å². The molecule has 1 saturated carbocycles. The molecule has 1 heteroatoms. The van der Waals surface area contributed by atoms with Gasteiger partial charge in [-0.3, -0.25) is 0 Å². The zero-order valence-electron chi connectivity index (χ0n) is 12.6. The van der Waals surface area contributed by atoms with Crippen LogP contribution >= 0.6 is 0 Å². The van der Waals surface area contributed by atoms with Gasteiger partial charge in [0.1, 0.15) is 0 Å². The highest BCUT2D eigenvalue weighted by atomic mass is 14.9. The molecule has 0 bridgehead atoms. The zero-order chi connectivity index (χ0) is 14.1. The molecular formula is C20H23N. The van der Waals surface area contributed by atoms with Crippen LogP contribution in [0.25, 0.3) is 0 Å². The van der Waals surface area contributed by atoms with Crippen LogP contribution in [-0.2, 0) is 12.8 Å². The van der Waals surface area contributed by atoms with E-state index >= 15 is 0 Å². The van der Waals surface area contributed by atoms with Gasteiger partial charge in [-0.1, -0.05) is 42.8 Å². The maximum Gasteiger partial charge on any atom is 0.0372 e.